The predicted octanol–water partition coefficient (Wildman–Crippen LogP) is 2.59. The zero-order valence-corrected chi connectivity index (χ0v) is 11.0. The zero-order valence-electron chi connectivity index (χ0n) is 9.40. The Morgan fingerprint density at radius 3 is 2.88 bits per heavy atom. The number of nitrogens with two attached hydrogens (primary N) is 1. The minimum atomic E-state index is 0.493. The molecule has 6 heteroatoms. The highest BCUT2D eigenvalue weighted by molar-refractivity contribution is 9.10. The van der Waals surface area contributed by atoms with Crippen molar-refractivity contribution in [3.63, 3.8) is 0 Å². The van der Waals surface area contributed by atoms with Gasteiger partial charge in [0.2, 0.25) is 5.89 Å². The van der Waals surface area contributed by atoms with Crippen LogP contribution in [0.5, 0.6) is 0 Å². The van der Waals surface area contributed by atoms with E-state index in [1.807, 2.05) is 6.92 Å². The van der Waals surface area contributed by atoms with Gasteiger partial charge < -0.3 is 15.5 Å². The molecule has 5 nitrogen and oxygen atoms in total. The van der Waals surface area contributed by atoms with Crippen LogP contribution < -0.4 is 11.1 Å². The monoisotopic (exact) mass is 296 g/mol. The Labute approximate surface area is 108 Å². The summed E-state index contributed by atoms with van der Waals surface area (Å²) >= 11 is 3.38. The quantitative estimate of drug-likeness (QED) is 0.907. The number of rotatable bonds is 4. The lowest BCUT2D eigenvalue weighted by atomic mass is 10.3. The molecule has 0 unspecified atom stereocenters. The molecule has 0 radical (unpaired) electrons. The minimum absolute atomic E-state index is 0.493. The molecule has 0 fully saturated rings. The van der Waals surface area contributed by atoms with Crippen LogP contribution in [-0.4, -0.2) is 9.97 Å². The number of nitrogen functional groups attached to an aromatic ring is 1. The maximum Gasteiger partial charge on any atom is 0.213 e. The molecule has 0 saturated heterocycles. The van der Waals surface area contributed by atoms with E-state index in [9.17, 15) is 0 Å². The molecule has 0 aliphatic rings. The van der Waals surface area contributed by atoms with Crippen LogP contribution in [0.3, 0.4) is 0 Å². The highest BCUT2D eigenvalue weighted by Gasteiger charge is 2.07. The Bertz CT molecular complexity index is 492. The molecule has 0 aliphatic carbocycles. The number of aromatic nitrogens is 2. The summed E-state index contributed by atoms with van der Waals surface area (Å²) in [7, 11) is 0. The van der Waals surface area contributed by atoms with Gasteiger partial charge in [-0.1, -0.05) is 6.92 Å². The Kier molecular flexibility index (Phi) is 3.63. The molecule has 2 heterocycles. The number of hydrogen-bond acceptors (Lipinski definition) is 5. The summed E-state index contributed by atoms with van der Waals surface area (Å²) in [6, 6.07) is 0. The van der Waals surface area contributed by atoms with Gasteiger partial charge in [-0.2, -0.15) is 0 Å². The van der Waals surface area contributed by atoms with Gasteiger partial charge in [0.05, 0.1) is 34.8 Å². The molecule has 3 N–H and O–H groups in total. The molecule has 0 spiro atoms. The van der Waals surface area contributed by atoms with Crippen LogP contribution >= 0.6 is 15.9 Å². The van der Waals surface area contributed by atoms with Crippen LogP contribution in [0.1, 0.15) is 18.6 Å². The number of anilines is 2. The van der Waals surface area contributed by atoms with Crippen molar-refractivity contribution in [2.75, 3.05) is 11.1 Å². The topological polar surface area (TPSA) is 77.0 Å². The number of halogens is 1. The summed E-state index contributed by atoms with van der Waals surface area (Å²) in [5.74, 6) is 1.52. The smallest absolute Gasteiger partial charge is 0.213 e. The second kappa shape index (κ2) is 5.18. The Hall–Kier alpha value is -1.56. The van der Waals surface area contributed by atoms with Crippen LogP contribution in [0.15, 0.2) is 27.5 Å². The van der Waals surface area contributed by atoms with E-state index in [0.717, 1.165) is 22.3 Å². The number of aryl methyl sites for hydroxylation is 1. The maximum absolute atomic E-state index is 5.81. The molecule has 0 aromatic carbocycles. The van der Waals surface area contributed by atoms with E-state index >= 15 is 0 Å². The van der Waals surface area contributed by atoms with Gasteiger partial charge in [-0.25, -0.2) is 4.98 Å². The zero-order chi connectivity index (χ0) is 12.3. The summed E-state index contributed by atoms with van der Waals surface area (Å²) in [5.41, 5.74) is 7.20. The Balaban J connectivity index is 2.07. The van der Waals surface area contributed by atoms with Gasteiger partial charge in [0.25, 0.3) is 0 Å². The lowest BCUT2D eigenvalue weighted by Gasteiger charge is -2.08. The molecule has 0 atom stereocenters. The van der Waals surface area contributed by atoms with Gasteiger partial charge in [0.1, 0.15) is 5.76 Å². The van der Waals surface area contributed by atoms with E-state index < -0.39 is 0 Å². The fourth-order valence-corrected chi connectivity index (χ4v) is 1.88. The van der Waals surface area contributed by atoms with Crippen molar-refractivity contribution < 1.29 is 4.42 Å². The lowest BCUT2D eigenvalue weighted by molar-refractivity contribution is 0.466. The molecule has 90 valence electrons. The molecule has 2 aromatic heterocycles. The van der Waals surface area contributed by atoms with E-state index in [1.165, 1.54) is 0 Å². The van der Waals surface area contributed by atoms with Crippen molar-refractivity contribution in [2.45, 2.75) is 19.9 Å². The first kappa shape index (κ1) is 11.9. The summed E-state index contributed by atoms with van der Waals surface area (Å²) in [6.45, 7) is 2.52. The first-order valence-electron chi connectivity index (χ1n) is 5.27. The summed E-state index contributed by atoms with van der Waals surface area (Å²) in [4.78, 5) is 8.13. The average molecular weight is 297 g/mol. The van der Waals surface area contributed by atoms with E-state index in [1.54, 1.807) is 18.6 Å². The highest BCUT2D eigenvalue weighted by Crippen LogP contribution is 2.27. The standard InChI is InChI=1S/C11H13BrN4O/c1-2-7-3-15-10(17-7)6-16-11-8(12)4-14-5-9(11)13/h3-5H,2,6,13H2,1H3,(H,14,16). The number of nitrogens with one attached hydrogen (secondary N) is 1. The largest absolute Gasteiger partial charge is 0.444 e. The average Bonchev–Trinajstić information content (AvgIpc) is 2.76. The van der Waals surface area contributed by atoms with Crippen LogP contribution in [-0.2, 0) is 13.0 Å². The number of nitrogens with zero attached hydrogens (tertiary/aromatic N) is 2. The van der Waals surface area contributed by atoms with Crippen molar-refractivity contribution >= 4 is 27.3 Å². The first-order chi connectivity index (χ1) is 8.20. The number of oxazole rings is 1. The second-order valence-electron chi connectivity index (χ2n) is 3.51. The van der Waals surface area contributed by atoms with Gasteiger partial charge >= 0.3 is 0 Å². The highest BCUT2D eigenvalue weighted by atomic mass is 79.9. The van der Waals surface area contributed by atoms with Gasteiger partial charge in [-0.05, 0) is 15.9 Å². The van der Waals surface area contributed by atoms with Gasteiger partial charge in [0.15, 0.2) is 0 Å². The molecule has 17 heavy (non-hydrogen) atoms. The summed E-state index contributed by atoms with van der Waals surface area (Å²) in [5, 5.41) is 3.17. The van der Waals surface area contributed by atoms with Gasteiger partial charge in [-0.15, -0.1) is 0 Å². The van der Waals surface area contributed by atoms with Crippen LogP contribution in [0, 0.1) is 0 Å². The number of hydrogen-bond donors (Lipinski definition) is 2. The van der Waals surface area contributed by atoms with E-state index in [2.05, 4.69) is 31.2 Å². The van der Waals surface area contributed by atoms with Crippen LogP contribution in [0.25, 0.3) is 0 Å². The lowest BCUT2D eigenvalue weighted by Crippen LogP contribution is -2.03. The third-order valence-corrected chi connectivity index (χ3v) is 2.90. The van der Waals surface area contributed by atoms with Crippen molar-refractivity contribution in [2.24, 2.45) is 0 Å². The predicted molar refractivity (Wildman–Crippen MR) is 69.6 cm³/mol. The molecule has 0 aliphatic heterocycles. The van der Waals surface area contributed by atoms with Crippen molar-refractivity contribution in [1.82, 2.24) is 9.97 Å². The fraction of sp³-hybridized carbons (Fsp3) is 0.273. The third kappa shape index (κ3) is 2.76. The summed E-state index contributed by atoms with van der Waals surface area (Å²) < 4.78 is 6.31. The van der Waals surface area contributed by atoms with Crippen LogP contribution in [0.2, 0.25) is 0 Å². The first-order valence-corrected chi connectivity index (χ1v) is 6.06. The fourth-order valence-electron chi connectivity index (χ4n) is 1.39. The van der Waals surface area contributed by atoms with Crippen molar-refractivity contribution in [3.05, 3.63) is 34.7 Å². The molecular weight excluding hydrogens is 284 g/mol. The third-order valence-electron chi connectivity index (χ3n) is 2.30. The number of pyridine rings is 1. The molecule has 0 saturated carbocycles. The maximum atomic E-state index is 5.81. The van der Waals surface area contributed by atoms with Crippen LogP contribution in [0.4, 0.5) is 11.4 Å². The van der Waals surface area contributed by atoms with Crippen molar-refractivity contribution in [1.29, 1.82) is 0 Å². The second-order valence-corrected chi connectivity index (χ2v) is 4.37. The molecule has 0 amide bonds. The Morgan fingerprint density at radius 1 is 1.41 bits per heavy atom. The molecule has 2 aromatic rings. The minimum Gasteiger partial charge on any atom is -0.444 e. The van der Waals surface area contributed by atoms with E-state index in [4.69, 9.17) is 10.2 Å². The molecular formula is C11H13BrN4O. The van der Waals surface area contributed by atoms with Gasteiger partial charge in [-0.3, -0.25) is 4.98 Å². The SMILES string of the molecule is CCc1cnc(CNc2c(N)cncc2Br)o1. The van der Waals surface area contributed by atoms with E-state index in [-0.39, 0.29) is 0 Å². The molecule has 0 bridgehead atoms. The summed E-state index contributed by atoms with van der Waals surface area (Å²) in [6.07, 6.45) is 5.86. The Morgan fingerprint density at radius 2 is 2.24 bits per heavy atom. The normalized spacial score (nSPS) is 10.5. The van der Waals surface area contributed by atoms with Crippen molar-refractivity contribution in [3.8, 4) is 0 Å². The van der Waals surface area contributed by atoms with E-state index in [0.29, 0.717) is 18.1 Å². The molecule has 2 rings (SSSR count). The van der Waals surface area contributed by atoms with Gasteiger partial charge in [0, 0.05) is 12.6 Å².